The van der Waals surface area contributed by atoms with E-state index < -0.39 is 0 Å². The molecule has 2 fully saturated rings. The maximum absolute atomic E-state index is 5.60. The molecular formula is C8H17NOSi. The summed E-state index contributed by atoms with van der Waals surface area (Å²) < 4.78 is 5.47. The molecule has 3 unspecified atom stereocenters. The number of fused-ring (bicyclic) bond motifs is 1. The number of epoxide rings is 1. The van der Waals surface area contributed by atoms with Gasteiger partial charge >= 0.3 is 0 Å². The fraction of sp³-hybridized carbons (Fsp3) is 1.00. The van der Waals surface area contributed by atoms with E-state index in [0.717, 1.165) is 5.92 Å². The molecule has 1 heterocycles. The Bertz CT molecular complexity index is 142. The fourth-order valence-electron chi connectivity index (χ4n) is 2.16. The summed E-state index contributed by atoms with van der Waals surface area (Å²) in [5.74, 6) is 0.954. The van der Waals surface area contributed by atoms with Gasteiger partial charge in [-0.2, -0.15) is 0 Å². The van der Waals surface area contributed by atoms with Gasteiger partial charge in [0.05, 0.1) is 21.9 Å². The van der Waals surface area contributed by atoms with Gasteiger partial charge < -0.3 is 10.1 Å². The zero-order chi connectivity index (χ0) is 7.68. The number of hydrogen-bond donors (Lipinski definition) is 1. The maximum Gasteiger partial charge on any atom is 0.0888 e. The van der Waals surface area contributed by atoms with Gasteiger partial charge in [-0.3, -0.25) is 0 Å². The normalized spacial score (nSPS) is 42.8. The summed E-state index contributed by atoms with van der Waals surface area (Å²) in [4.78, 5) is 0. The Morgan fingerprint density at radius 3 is 3.00 bits per heavy atom. The molecule has 2 rings (SSSR count). The first-order valence-corrected chi connectivity index (χ1v) is 6.57. The smallest absolute Gasteiger partial charge is 0.0888 e. The third kappa shape index (κ3) is 1.83. The summed E-state index contributed by atoms with van der Waals surface area (Å²) in [5, 5.41) is 5.60. The van der Waals surface area contributed by atoms with Crippen LogP contribution in [0.1, 0.15) is 25.7 Å². The van der Waals surface area contributed by atoms with Crippen LogP contribution in [0.2, 0.25) is 6.04 Å². The molecule has 2 nitrogen and oxygen atoms in total. The van der Waals surface area contributed by atoms with Crippen molar-refractivity contribution in [1.29, 1.82) is 0 Å². The van der Waals surface area contributed by atoms with Gasteiger partial charge in [-0.05, 0) is 31.2 Å². The van der Waals surface area contributed by atoms with Crippen LogP contribution < -0.4 is 5.40 Å². The highest BCUT2D eigenvalue weighted by molar-refractivity contribution is 6.30. The highest BCUT2D eigenvalue weighted by Crippen LogP contribution is 2.40. The van der Waals surface area contributed by atoms with E-state index in [2.05, 4.69) is 0 Å². The minimum absolute atomic E-state index is 0.175. The summed E-state index contributed by atoms with van der Waals surface area (Å²) in [6, 6.07) is 1.34. The van der Waals surface area contributed by atoms with E-state index in [0.29, 0.717) is 12.2 Å². The van der Waals surface area contributed by atoms with Crippen LogP contribution in [-0.2, 0) is 4.74 Å². The second kappa shape index (κ2) is 3.25. The predicted molar refractivity (Wildman–Crippen MR) is 48.2 cm³/mol. The van der Waals surface area contributed by atoms with E-state index in [-0.39, 0.29) is 9.68 Å². The largest absolute Gasteiger partial charge is 0.370 e. The van der Waals surface area contributed by atoms with Gasteiger partial charge in [-0.25, -0.2) is 0 Å². The molecule has 0 radical (unpaired) electrons. The van der Waals surface area contributed by atoms with Gasteiger partial charge in [0.25, 0.3) is 0 Å². The van der Waals surface area contributed by atoms with Crippen molar-refractivity contribution < 1.29 is 4.74 Å². The molecule has 2 N–H and O–H groups in total. The first-order valence-electron chi connectivity index (χ1n) is 4.75. The number of ether oxygens (including phenoxy) is 1. The first-order chi connectivity index (χ1) is 5.40. The van der Waals surface area contributed by atoms with E-state index in [1.807, 2.05) is 0 Å². The summed E-state index contributed by atoms with van der Waals surface area (Å²) in [6.07, 6.45) is 6.76. The fourth-order valence-corrected chi connectivity index (χ4v) is 2.97. The lowest BCUT2D eigenvalue weighted by atomic mass is 9.88. The van der Waals surface area contributed by atoms with Gasteiger partial charge in [-0.1, -0.05) is 6.42 Å². The first kappa shape index (κ1) is 7.77. The van der Waals surface area contributed by atoms with Crippen molar-refractivity contribution in [2.45, 2.75) is 43.9 Å². The van der Waals surface area contributed by atoms with Crippen LogP contribution >= 0.6 is 0 Å². The summed E-state index contributed by atoms with van der Waals surface area (Å²) >= 11 is 0. The van der Waals surface area contributed by atoms with Gasteiger partial charge in [0.15, 0.2) is 0 Å². The van der Waals surface area contributed by atoms with Crippen LogP contribution in [-0.4, -0.2) is 21.9 Å². The highest BCUT2D eigenvalue weighted by atomic mass is 28.2. The zero-order valence-electron chi connectivity index (χ0n) is 6.96. The Kier molecular flexibility index (Phi) is 2.30. The maximum atomic E-state index is 5.60. The Labute approximate surface area is 70.4 Å². The predicted octanol–water partition coefficient (Wildman–Crippen LogP) is 0.405. The molecule has 0 aromatic heterocycles. The molecule has 11 heavy (non-hydrogen) atoms. The van der Waals surface area contributed by atoms with Crippen LogP contribution in [0.15, 0.2) is 0 Å². The van der Waals surface area contributed by atoms with Crippen LogP contribution in [0.4, 0.5) is 0 Å². The second-order valence-electron chi connectivity index (χ2n) is 3.82. The van der Waals surface area contributed by atoms with Gasteiger partial charge in [0.1, 0.15) is 0 Å². The van der Waals surface area contributed by atoms with Crippen molar-refractivity contribution in [3.8, 4) is 0 Å². The zero-order valence-corrected chi connectivity index (χ0v) is 8.37. The topological polar surface area (TPSA) is 38.5 Å². The Hall–Kier alpha value is 0.137. The lowest BCUT2D eigenvalue weighted by Crippen LogP contribution is -2.15. The van der Waals surface area contributed by atoms with E-state index in [4.69, 9.17) is 10.1 Å². The molecule has 1 aliphatic carbocycles. The Balaban J connectivity index is 1.68. The van der Waals surface area contributed by atoms with Crippen LogP contribution in [0.3, 0.4) is 0 Å². The van der Waals surface area contributed by atoms with Crippen molar-refractivity contribution in [2.24, 2.45) is 11.3 Å². The molecule has 64 valence electrons. The third-order valence-corrected chi connectivity index (χ3v) is 3.75. The lowest BCUT2D eigenvalue weighted by molar-refractivity contribution is 0.357. The van der Waals surface area contributed by atoms with Crippen molar-refractivity contribution in [1.82, 2.24) is 0 Å². The van der Waals surface area contributed by atoms with E-state index >= 15 is 0 Å². The van der Waals surface area contributed by atoms with Crippen LogP contribution in [0, 0.1) is 5.92 Å². The van der Waals surface area contributed by atoms with E-state index in [1.54, 1.807) is 0 Å². The second-order valence-corrected chi connectivity index (χ2v) is 5.11. The van der Waals surface area contributed by atoms with Crippen molar-refractivity contribution >= 4 is 9.68 Å². The third-order valence-electron chi connectivity index (χ3n) is 2.93. The number of rotatable bonds is 3. The van der Waals surface area contributed by atoms with Gasteiger partial charge in [0.2, 0.25) is 0 Å². The summed E-state index contributed by atoms with van der Waals surface area (Å²) in [5.41, 5.74) is 0. The highest BCUT2D eigenvalue weighted by Gasteiger charge is 2.43. The Morgan fingerprint density at radius 2 is 2.27 bits per heavy atom. The molecule has 3 heteroatoms. The summed E-state index contributed by atoms with van der Waals surface area (Å²) in [7, 11) is -0.175. The minimum Gasteiger partial charge on any atom is -0.370 e. The standard InChI is InChI=1S/C8H17NOSi/c9-11-4-3-6-1-2-7-8(5-6)10-7/h6-8H,1-5,9,11H2. The van der Waals surface area contributed by atoms with Crippen molar-refractivity contribution in [3.63, 3.8) is 0 Å². The molecule has 0 bridgehead atoms. The van der Waals surface area contributed by atoms with Crippen LogP contribution in [0.5, 0.6) is 0 Å². The summed E-state index contributed by atoms with van der Waals surface area (Å²) in [6.45, 7) is 0. The van der Waals surface area contributed by atoms with Crippen molar-refractivity contribution in [3.05, 3.63) is 0 Å². The molecule has 1 saturated heterocycles. The molecule has 0 aromatic rings. The van der Waals surface area contributed by atoms with E-state index in [9.17, 15) is 0 Å². The molecular weight excluding hydrogens is 154 g/mol. The molecule has 3 atom stereocenters. The number of nitrogens with two attached hydrogens (primary N) is 1. The quantitative estimate of drug-likeness (QED) is 0.493. The minimum atomic E-state index is -0.175. The average Bonchev–Trinajstić information content (AvgIpc) is 2.78. The van der Waals surface area contributed by atoms with Gasteiger partial charge in [-0.15, -0.1) is 0 Å². The Morgan fingerprint density at radius 1 is 1.36 bits per heavy atom. The average molecular weight is 171 g/mol. The monoisotopic (exact) mass is 171 g/mol. The molecule has 0 spiro atoms. The molecule has 0 aromatic carbocycles. The molecule has 1 saturated carbocycles. The lowest BCUT2D eigenvalue weighted by Gasteiger charge is -2.17. The van der Waals surface area contributed by atoms with E-state index in [1.165, 1.54) is 31.7 Å². The SMILES string of the molecule is N[SiH2]CCC1CCC2OC2C1. The van der Waals surface area contributed by atoms with Crippen molar-refractivity contribution in [2.75, 3.05) is 0 Å². The molecule has 0 amide bonds. The molecule has 2 aliphatic rings. The number of hydrogen-bond acceptors (Lipinski definition) is 2. The van der Waals surface area contributed by atoms with Gasteiger partial charge in [0, 0.05) is 0 Å². The van der Waals surface area contributed by atoms with Crippen LogP contribution in [0.25, 0.3) is 0 Å². The molecule has 1 aliphatic heterocycles.